The van der Waals surface area contributed by atoms with Crippen molar-refractivity contribution in [2.24, 2.45) is 12.0 Å². The zero-order chi connectivity index (χ0) is 16.8. The van der Waals surface area contributed by atoms with Gasteiger partial charge in [-0.05, 0) is 49.2 Å². The Hall–Kier alpha value is -2.31. The molecule has 0 saturated heterocycles. The third-order valence-corrected chi connectivity index (χ3v) is 6.22. The summed E-state index contributed by atoms with van der Waals surface area (Å²) in [5, 5.41) is 0.431. The highest BCUT2D eigenvalue weighted by molar-refractivity contribution is 7.20. The Kier molecular flexibility index (Phi) is 3.58. The molecule has 0 N–H and O–H groups in total. The zero-order valence-electron chi connectivity index (χ0n) is 13.5. The fraction of sp³-hybridized carbons (Fsp3) is 0.167. The van der Waals surface area contributed by atoms with Crippen molar-refractivity contribution in [3.8, 4) is 0 Å². The highest BCUT2D eigenvalue weighted by atomic mass is 32.1. The molecule has 0 aliphatic carbocycles. The first-order valence-corrected chi connectivity index (χ1v) is 9.17. The van der Waals surface area contributed by atoms with Crippen molar-refractivity contribution in [2.45, 2.75) is 13.8 Å². The molecule has 1 amide bonds. The van der Waals surface area contributed by atoms with Crippen LogP contribution in [0.3, 0.4) is 0 Å². The molecule has 0 bridgehead atoms. The number of nitrogens with zero attached hydrogens (tertiary/aromatic N) is 3. The lowest BCUT2D eigenvalue weighted by Gasteiger charge is -2.00. The molecule has 0 spiro atoms. The largest absolute Gasteiger partial charge is 0.319 e. The number of fused-ring (bicyclic) bond motifs is 2. The lowest BCUT2D eigenvalue weighted by molar-refractivity contribution is 0.0998. The van der Waals surface area contributed by atoms with Gasteiger partial charge in [0, 0.05) is 7.05 Å². The third kappa shape index (κ3) is 2.48. The van der Waals surface area contributed by atoms with Gasteiger partial charge in [-0.25, -0.2) is 4.98 Å². The molecule has 0 unspecified atom stereocenters. The summed E-state index contributed by atoms with van der Waals surface area (Å²) in [6, 6.07) is 12.0. The minimum absolute atomic E-state index is 0.285. The highest BCUT2D eigenvalue weighted by Crippen LogP contribution is 2.23. The molecule has 0 fully saturated rings. The second kappa shape index (κ2) is 5.65. The molecule has 2 aromatic heterocycles. The van der Waals surface area contributed by atoms with Crippen LogP contribution >= 0.6 is 22.7 Å². The lowest BCUT2D eigenvalue weighted by atomic mass is 10.1. The molecule has 6 heteroatoms. The second-order valence-electron chi connectivity index (χ2n) is 5.75. The Bertz CT molecular complexity index is 1130. The molecular formula is C18H15N3OS2. The van der Waals surface area contributed by atoms with Crippen LogP contribution in [0.5, 0.6) is 0 Å². The molecule has 0 saturated carbocycles. The molecule has 4 aromatic rings. The van der Waals surface area contributed by atoms with Crippen molar-refractivity contribution in [2.75, 3.05) is 0 Å². The average molecular weight is 353 g/mol. The summed E-state index contributed by atoms with van der Waals surface area (Å²) in [6.07, 6.45) is 0. The first-order chi connectivity index (χ1) is 11.5. The molecule has 4 rings (SSSR count). The van der Waals surface area contributed by atoms with Crippen LogP contribution in [0.15, 0.2) is 41.4 Å². The van der Waals surface area contributed by atoms with Crippen LogP contribution in [0.25, 0.3) is 20.4 Å². The van der Waals surface area contributed by atoms with Gasteiger partial charge in [-0.2, -0.15) is 4.99 Å². The van der Waals surface area contributed by atoms with Crippen LogP contribution in [0, 0.1) is 13.8 Å². The predicted octanol–water partition coefficient (Wildman–Crippen LogP) is 4.21. The van der Waals surface area contributed by atoms with Crippen molar-refractivity contribution in [1.82, 2.24) is 9.55 Å². The van der Waals surface area contributed by atoms with E-state index in [9.17, 15) is 4.79 Å². The summed E-state index contributed by atoms with van der Waals surface area (Å²) >= 11 is 2.91. The minimum Gasteiger partial charge on any atom is -0.319 e. The number of benzene rings is 2. The second-order valence-corrected chi connectivity index (χ2v) is 7.79. The standard InChI is InChI=1S/C18H15N3OS2/c1-10-8-13-15(9-11(10)2)24-18(21(13)3)20-16(22)17-19-12-6-4-5-7-14(12)23-17/h4-9H,1-3H3. The van der Waals surface area contributed by atoms with Gasteiger partial charge in [0.25, 0.3) is 0 Å². The van der Waals surface area contributed by atoms with E-state index in [-0.39, 0.29) is 5.91 Å². The van der Waals surface area contributed by atoms with Crippen molar-refractivity contribution in [1.29, 1.82) is 0 Å². The van der Waals surface area contributed by atoms with E-state index in [1.165, 1.54) is 33.8 Å². The van der Waals surface area contributed by atoms with Gasteiger partial charge in [-0.3, -0.25) is 4.79 Å². The van der Waals surface area contributed by atoms with E-state index < -0.39 is 0 Å². The van der Waals surface area contributed by atoms with Crippen molar-refractivity contribution in [3.05, 3.63) is 57.3 Å². The Morgan fingerprint density at radius 1 is 1.08 bits per heavy atom. The van der Waals surface area contributed by atoms with Crippen molar-refractivity contribution in [3.63, 3.8) is 0 Å². The van der Waals surface area contributed by atoms with Crippen LogP contribution in [0.2, 0.25) is 0 Å². The van der Waals surface area contributed by atoms with Gasteiger partial charge in [0.2, 0.25) is 0 Å². The number of thiazole rings is 2. The van der Waals surface area contributed by atoms with Gasteiger partial charge < -0.3 is 4.57 Å². The molecule has 0 atom stereocenters. The number of rotatable bonds is 1. The summed E-state index contributed by atoms with van der Waals surface area (Å²) in [6.45, 7) is 4.19. The molecule has 24 heavy (non-hydrogen) atoms. The smallest absolute Gasteiger partial charge is 0.308 e. The fourth-order valence-corrected chi connectivity index (χ4v) is 4.53. The SMILES string of the molecule is Cc1cc2sc(=NC(=O)c3nc4ccccc4s3)n(C)c2cc1C. The first kappa shape index (κ1) is 15.2. The Labute approximate surface area is 146 Å². The number of carbonyl (C=O) groups is 1. The summed E-state index contributed by atoms with van der Waals surface area (Å²) in [7, 11) is 1.94. The summed E-state index contributed by atoms with van der Waals surface area (Å²) in [5.74, 6) is -0.285. The van der Waals surface area contributed by atoms with E-state index in [1.54, 1.807) is 0 Å². The molecule has 2 heterocycles. The van der Waals surface area contributed by atoms with Gasteiger partial charge in [0.05, 0.1) is 20.4 Å². The number of amides is 1. The molecule has 2 aromatic carbocycles. The van der Waals surface area contributed by atoms with E-state index in [0.29, 0.717) is 9.81 Å². The first-order valence-electron chi connectivity index (χ1n) is 7.54. The predicted molar refractivity (Wildman–Crippen MR) is 99.8 cm³/mol. The Balaban J connectivity index is 1.83. The number of aromatic nitrogens is 2. The fourth-order valence-electron chi connectivity index (χ4n) is 2.58. The number of aryl methyl sites for hydroxylation is 3. The summed E-state index contributed by atoms with van der Waals surface area (Å²) < 4.78 is 4.11. The van der Waals surface area contributed by atoms with Crippen molar-refractivity contribution < 1.29 is 4.79 Å². The molecule has 0 radical (unpaired) electrons. The van der Waals surface area contributed by atoms with Crippen molar-refractivity contribution >= 4 is 49.0 Å². The maximum Gasteiger partial charge on any atom is 0.308 e. The number of hydrogen-bond acceptors (Lipinski definition) is 4. The van der Waals surface area contributed by atoms with Crippen LogP contribution in [-0.4, -0.2) is 15.5 Å². The quantitative estimate of drug-likeness (QED) is 0.515. The Morgan fingerprint density at radius 2 is 1.83 bits per heavy atom. The third-order valence-electron chi connectivity index (χ3n) is 4.10. The monoisotopic (exact) mass is 353 g/mol. The van der Waals surface area contributed by atoms with Gasteiger partial charge in [0.1, 0.15) is 0 Å². The Morgan fingerprint density at radius 3 is 2.62 bits per heavy atom. The van der Waals surface area contributed by atoms with E-state index >= 15 is 0 Å². The van der Waals surface area contributed by atoms with Crippen LogP contribution in [0.1, 0.15) is 20.9 Å². The van der Waals surface area contributed by atoms with E-state index in [0.717, 1.165) is 20.4 Å². The summed E-state index contributed by atoms with van der Waals surface area (Å²) in [5.41, 5.74) is 4.42. The van der Waals surface area contributed by atoms with Gasteiger partial charge >= 0.3 is 5.91 Å². The number of hydrogen-bond donors (Lipinski definition) is 0. The molecule has 0 aliphatic heterocycles. The maximum absolute atomic E-state index is 12.5. The van der Waals surface area contributed by atoms with E-state index in [1.807, 2.05) is 35.9 Å². The number of carbonyl (C=O) groups excluding carboxylic acids is 1. The highest BCUT2D eigenvalue weighted by Gasteiger charge is 2.12. The van der Waals surface area contributed by atoms with E-state index in [2.05, 4.69) is 36.0 Å². The van der Waals surface area contributed by atoms with Gasteiger partial charge in [-0.1, -0.05) is 23.5 Å². The van der Waals surface area contributed by atoms with E-state index in [4.69, 9.17) is 0 Å². The number of para-hydroxylation sites is 1. The zero-order valence-corrected chi connectivity index (χ0v) is 15.2. The van der Waals surface area contributed by atoms with Gasteiger partial charge in [-0.15, -0.1) is 11.3 Å². The maximum atomic E-state index is 12.5. The molecule has 120 valence electrons. The van der Waals surface area contributed by atoms with Crippen LogP contribution < -0.4 is 4.80 Å². The minimum atomic E-state index is -0.285. The van der Waals surface area contributed by atoms with Crippen LogP contribution in [-0.2, 0) is 7.05 Å². The van der Waals surface area contributed by atoms with Crippen LogP contribution in [0.4, 0.5) is 0 Å². The molecule has 4 nitrogen and oxygen atoms in total. The molecule has 0 aliphatic rings. The van der Waals surface area contributed by atoms with Gasteiger partial charge in [0.15, 0.2) is 9.81 Å². The average Bonchev–Trinajstić information content (AvgIpc) is 3.11. The topological polar surface area (TPSA) is 47.2 Å². The lowest BCUT2D eigenvalue weighted by Crippen LogP contribution is -2.13. The molecular weight excluding hydrogens is 338 g/mol. The summed E-state index contributed by atoms with van der Waals surface area (Å²) in [4.78, 5) is 21.9. The normalized spacial score (nSPS) is 12.4.